The first-order chi connectivity index (χ1) is 14.6. The van der Waals surface area contributed by atoms with Gasteiger partial charge in [0.2, 0.25) is 5.91 Å². The van der Waals surface area contributed by atoms with Crippen molar-refractivity contribution in [2.24, 2.45) is 16.6 Å². The van der Waals surface area contributed by atoms with Crippen LogP contribution in [0.3, 0.4) is 0 Å². The van der Waals surface area contributed by atoms with Crippen molar-refractivity contribution in [1.29, 1.82) is 0 Å². The van der Waals surface area contributed by atoms with E-state index in [-0.39, 0.29) is 11.8 Å². The fourth-order valence-corrected chi connectivity index (χ4v) is 5.70. The van der Waals surface area contributed by atoms with Gasteiger partial charge in [0.1, 0.15) is 0 Å². The summed E-state index contributed by atoms with van der Waals surface area (Å²) in [5.74, 6) is 1.90. The predicted molar refractivity (Wildman–Crippen MR) is 127 cm³/mol. The van der Waals surface area contributed by atoms with Gasteiger partial charge in [0.15, 0.2) is 5.96 Å². The number of guanidine groups is 1. The van der Waals surface area contributed by atoms with Crippen LogP contribution in [0.1, 0.15) is 50.2 Å². The number of carbonyl (C=O) groups excluding carboxylic acids is 1. The highest BCUT2D eigenvalue weighted by Crippen LogP contribution is 2.29. The number of aliphatic imine (C=N–C) groups is 1. The van der Waals surface area contributed by atoms with Crippen molar-refractivity contribution in [3.63, 3.8) is 0 Å². The Balaban J connectivity index is 1.48. The summed E-state index contributed by atoms with van der Waals surface area (Å²) in [5, 5.41) is 7.85. The van der Waals surface area contributed by atoms with Crippen molar-refractivity contribution in [1.82, 2.24) is 15.5 Å². The first-order valence-corrected chi connectivity index (χ1v) is 12.3. The van der Waals surface area contributed by atoms with Crippen molar-refractivity contribution < 1.29 is 4.79 Å². The summed E-state index contributed by atoms with van der Waals surface area (Å²) < 4.78 is 0. The molecular weight excluding hydrogens is 394 g/mol. The SMILES string of the molecule is CCSC1CCC(NC(=NC)NCc2cccc(CN3CCCC(C(N)=O)C3)c2)C1. The summed E-state index contributed by atoms with van der Waals surface area (Å²) in [7, 11) is 1.84. The Morgan fingerprint density at radius 3 is 2.90 bits per heavy atom. The van der Waals surface area contributed by atoms with Crippen LogP contribution >= 0.6 is 11.8 Å². The van der Waals surface area contributed by atoms with E-state index in [2.05, 4.69) is 63.5 Å². The summed E-state index contributed by atoms with van der Waals surface area (Å²) >= 11 is 2.08. The van der Waals surface area contributed by atoms with Crippen LogP contribution in [0.5, 0.6) is 0 Å². The van der Waals surface area contributed by atoms with Gasteiger partial charge in [-0.1, -0.05) is 31.2 Å². The molecule has 3 atom stereocenters. The summed E-state index contributed by atoms with van der Waals surface area (Å²) in [6.45, 7) is 5.65. The lowest BCUT2D eigenvalue weighted by molar-refractivity contribution is -0.123. The average Bonchev–Trinajstić information content (AvgIpc) is 3.19. The Bertz CT molecular complexity index is 725. The predicted octanol–water partition coefficient (Wildman–Crippen LogP) is 2.72. The quantitative estimate of drug-likeness (QED) is 0.435. The van der Waals surface area contributed by atoms with Crippen LogP contribution in [0, 0.1) is 5.92 Å². The number of hydrogen-bond acceptors (Lipinski definition) is 4. The molecular formula is C23H37N5OS. The summed E-state index contributed by atoms with van der Waals surface area (Å²) in [6.07, 6.45) is 5.69. The van der Waals surface area contributed by atoms with Crippen molar-refractivity contribution in [3.05, 3.63) is 35.4 Å². The third-order valence-corrected chi connectivity index (χ3v) is 7.35. The minimum atomic E-state index is -0.168. The van der Waals surface area contributed by atoms with Crippen molar-refractivity contribution in [2.75, 3.05) is 25.9 Å². The van der Waals surface area contributed by atoms with E-state index >= 15 is 0 Å². The first-order valence-electron chi connectivity index (χ1n) is 11.3. The van der Waals surface area contributed by atoms with Gasteiger partial charge in [-0.2, -0.15) is 11.8 Å². The second-order valence-corrected chi connectivity index (χ2v) is 10.0. The van der Waals surface area contributed by atoms with E-state index in [9.17, 15) is 4.79 Å². The molecule has 30 heavy (non-hydrogen) atoms. The molecule has 1 heterocycles. The second-order valence-electron chi connectivity index (χ2n) is 8.45. The van der Waals surface area contributed by atoms with Crippen LogP contribution in [-0.2, 0) is 17.9 Å². The van der Waals surface area contributed by atoms with Crippen LogP contribution in [0.2, 0.25) is 0 Å². The minimum Gasteiger partial charge on any atom is -0.369 e. The maximum absolute atomic E-state index is 11.5. The molecule has 1 aromatic carbocycles. The number of nitrogens with two attached hydrogens (primary N) is 1. The number of rotatable bonds is 8. The number of likely N-dealkylation sites (tertiary alicyclic amines) is 1. The Morgan fingerprint density at radius 2 is 2.13 bits per heavy atom. The molecule has 0 aromatic heterocycles. The third kappa shape index (κ3) is 6.91. The smallest absolute Gasteiger partial charge is 0.221 e. The number of nitrogens with one attached hydrogen (secondary N) is 2. The number of hydrogen-bond donors (Lipinski definition) is 3. The van der Waals surface area contributed by atoms with Gasteiger partial charge in [0.05, 0.1) is 5.92 Å². The highest BCUT2D eigenvalue weighted by Gasteiger charge is 2.25. The molecule has 7 heteroatoms. The number of piperidine rings is 1. The largest absolute Gasteiger partial charge is 0.369 e. The van der Waals surface area contributed by atoms with E-state index in [0.717, 1.165) is 50.2 Å². The van der Waals surface area contributed by atoms with Gasteiger partial charge in [-0.15, -0.1) is 0 Å². The standard InChI is InChI=1S/C23H37N5OS/c1-3-30-21-10-9-20(13-21)27-23(25-2)26-14-17-6-4-7-18(12-17)15-28-11-5-8-19(16-28)22(24)29/h4,6-7,12,19-21H,3,5,8-11,13-16H2,1-2H3,(H2,24,29)(H2,25,26,27). The van der Waals surface area contributed by atoms with Gasteiger partial charge in [0.25, 0.3) is 0 Å². The Kier molecular flexibility index (Phi) is 8.88. The number of amides is 1. The third-order valence-electron chi connectivity index (χ3n) is 6.12. The molecule has 1 amide bonds. The molecule has 3 unspecified atom stereocenters. The van der Waals surface area contributed by atoms with Crippen LogP contribution in [0.15, 0.2) is 29.3 Å². The molecule has 1 aliphatic heterocycles. The maximum Gasteiger partial charge on any atom is 0.221 e. The van der Waals surface area contributed by atoms with Crippen LogP contribution in [0.4, 0.5) is 0 Å². The number of thioether (sulfide) groups is 1. The summed E-state index contributed by atoms with van der Waals surface area (Å²) in [4.78, 5) is 18.3. The van der Waals surface area contributed by atoms with E-state index < -0.39 is 0 Å². The molecule has 3 rings (SSSR count). The molecule has 2 aliphatic rings. The Hall–Kier alpha value is -1.73. The van der Waals surface area contributed by atoms with Gasteiger partial charge >= 0.3 is 0 Å². The van der Waals surface area contributed by atoms with E-state index in [4.69, 9.17) is 5.73 Å². The van der Waals surface area contributed by atoms with Gasteiger partial charge in [-0.25, -0.2) is 0 Å². The van der Waals surface area contributed by atoms with E-state index in [0.29, 0.717) is 6.04 Å². The molecule has 1 saturated carbocycles. The van der Waals surface area contributed by atoms with Gasteiger partial charge < -0.3 is 16.4 Å². The number of nitrogens with zero attached hydrogens (tertiary/aromatic N) is 2. The highest BCUT2D eigenvalue weighted by atomic mass is 32.2. The number of primary amides is 1. The number of benzene rings is 1. The van der Waals surface area contributed by atoms with E-state index in [1.807, 2.05) is 7.05 Å². The molecule has 6 nitrogen and oxygen atoms in total. The van der Waals surface area contributed by atoms with Crippen LogP contribution in [0.25, 0.3) is 0 Å². The lowest BCUT2D eigenvalue weighted by Crippen LogP contribution is -2.42. The van der Waals surface area contributed by atoms with Crippen molar-refractivity contribution >= 4 is 23.6 Å². The zero-order valence-electron chi connectivity index (χ0n) is 18.4. The molecule has 2 fully saturated rings. The molecule has 1 saturated heterocycles. The molecule has 0 bridgehead atoms. The molecule has 4 N–H and O–H groups in total. The molecule has 0 radical (unpaired) electrons. The maximum atomic E-state index is 11.5. The van der Waals surface area contributed by atoms with Crippen LogP contribution < -0.4 is 16.4 Å². The Labute approximate surface area is 185 Å². The van der Waals surface area contributed by atoms with Crippen LogP contribution in [-0.4, -0.2) is 53.9 Å². The fraction of sp³-hybridized carbons (Fsp3) is 0.652. The molecule has 166 valence electrons. The monoisotopic (exact) mass is 431 g/mol. The normalized spacial score (nSPS) is 25.3. The van der Waals surface area contributed by atoms with E-state index in [1.165, 1.54) is 36.1 Å². The second kappa shape index (κ2) is 11.6. The van der Waals surface area contributed by atoms with E-state index in [1.54, 1.807) is 0 Å². The zero-order chi connectivity index (χ0) is 21.3. The van der Waals surface area contributed by atoms with Gasteiger partial charge in [0, 0.05) is 38.0 Å². The van der Waals surface area contributed by atoms with Gasteiger partial charge in [-0.3, -0.25) is 14.7 Å². The lowest BCUT2D eigenvalue weighted by Gasteiger charge is -2.31. The Morgan fingerprint density at radius 1 is 1.30 bits per heavy atom. The highest BCUT2D eigenvalue weighted by molar-refractivity contribution is 7.99. The summed E-state index contributed by atoms with van der Waals surface area (Å²) in [6, 6.07) is 9.19. The average molecular weight is 432 g/mol. The molecule has 1 aromatic rings. The lowest BCUT2D eigenvalue weighted by atomic mass is 9.97. The fourth-order valence-electron chi connectivity index (χ4n) is 4.56. The topological polar surface area (TPSA) is 82.8 Å². The minimum absolute atomic E-state index is 0.0103. The number of carbonyl (C=O) groups is 1. The zero-order valence-corrected chi connectivity index (χ0v) is 19.2. The van der Waals surface area contributed by atoms with Crippen molar-refractivity contribution in [3.8, 4) is 0 Å². The summed E-state index contributed by atoms with van der Waals surface area (Å²) in [5.41, 5.74) is 8.03. The molecule has 1 aliphatic carbocycles. The molecule has 0 spiro atoms. The first kappa shape index (κ1) is 22.9. The van der Waals surface area contributed by atoms with Gasteiger partial charge in [-0.05, 0) is 55.5 Å². The van der Waals surface area contributed by atoms with Crippen molar-refractivity contribution in [2.45, 2.75) is 63.4 Å².